The summed E-state index contributed by atoms with van der Waals surface area (Å²) in [7, 11) is 1.56. The molecule has 0 bridgehead atoms. The quantitative estimate of drug-likeness (QED) is 0.503. The first-order valence-corrected chi connectivity index (χ1v) is 7.58. The Hall–Kier alpha value is -3.26. The van der Waals surface area contributed by atoms with Crippen molar-refractivity contribution in [3.63, 3.8) is 0 Å². The molecule has 1 N–H and O–H groups in total. The molecule has 10 nitrogen and oxygen atoms in total. The fraction of sp³-hybridized carbons (Fsp3) is 0.400. The molecular weight excluding hydrogens is 328 g/mol. The van der Waals surface area contributed by atoms with E-state index in [0.29, 0.717) is 29.0 Å². The zero-order valence-electron chi connectivity index (χ0n) is 13.4. The van der Waals surface area contributed by atoms with Crippen LogP contribution in [0, 0.1) is 0 Å². The molecule has 2 aromatic rings. The van der Waals surface area contributed by atoms with E-state index in [0.717, 1.165) is 0 Å². The third kappa shape index (κ3) is 3.48. The summed E-state index contributed by atoms with van der Waals surface area (Å²) in [4.78, 5) is 23.6. The number of nitrogens with zero attached hydrogens (tertiary/aromatic N) is 6. The number of hydrogen-bond acceptors (Lipinski definition) is 6. The van der Waals surface area contributed by atoms with Crippen molar-refractivity contribution < 1.29 is 19.4 Å². The van der Waals surface area contributed by atoms with Gasteiger partial charge in [-0.3, -0.25) is 0 Å². The molecule has 1 fully saturated rings. The molecule has 1 saturated heterocycles. The molecule has 1 aliphatic rings. The van der Waals surface area contributed by atoms with Crippen molar-refractivity contribution >= 4 is 17.0 Å². The lowest BCUT2D eigenvalue weighted by Crippen LogP contribution is -2.36. The Labute approximate surface area is 142 Å². The van der Waals surface area contributed by atoms with Crippen LogP contribution in [0.4, 0.5) is 4.79 Å². The van der Waals surface area contributed by atoms with Gasteiger partial charge in [0.25, 0.3) is 0 Å². The molecule has 1 aromatic carbocycles. The number of fused-ring (bicyclic) bond motifs is 1. The minimum atomic E-state index is -1.07. The van der Waals surface area contributed by atoms with Gasteiger partial charge in [-0.2, -0.15) is 0 Å². The summed E-state index contributed by atoms with van der Waals surface area (Å²) in [6.07, 6.45) is 0.351. The number of carboxylic acid groups (broad SMARTS) is 1. The van der Waals surface area contributed by atoms with Crippen LogP contribution in [0.5, 0.6) is 11.6 Å². The fourth-order valence-corrected chi connectivity index (χ4v) is 2.89. The maximum absolute atomic E-state index is 11.4. The largest absolute Gasteiger partial charge is 0.497 e. The standard InChI is InChI=1S/C15H16N6O4/c1-24-10-2-3-13-12(5-10)14(18-8-17-13)25-11-4-9(6-19-20-16)21(7-11)15(22)23/h2-3,5,8-9,11H,4,6-7H2,1H3,(H,22,23)/t9-,11-/m0/s1. The van der Waals surface area contributed by atoms with Crippen molar-refractivity contribution in [2.24, 2.45) is 5.11 Å². The first-order chi connectivity index (χ1) is 12.1. The number of azide groups is 1. The lowest BCUT2D eigenvalue weighted by atomic mass is 10.2. The topological polar surface area (TPSA) is 134 Å². The Morgan fingerprint density at radius 1 is 1.52 bits per heavy atom. The molecule has 1 aliphatic heterocycles. The summed E-state index contributed by atoms with van der Waals surface area (Å²) >= 11 is 0. The van der Waals surface area contributed by atoms with Crippen molar-refractivity contribution in [3.8, 4) is 11.6 Å². The van der Waals surface area contributed by atoms with Crippen molar-refractivity contribution in [2.45, 2.75) is 18.6 Å². The maximum atomic E-state index is 11.4. The van der Waals surface area contributed by atoms with E-state index in [4.69, 9.17) is 15.0 Å². The maximum Gasteiger partial charge on any atom is 0.407 e. The van der Waals surface area contributed by atoms with Gasteiger partial charge in [0.15, 0.2) is 0 Å². The van der Waals surface area contributed by atoms with E-state index in [2.05, 4.69) is 20.0 Å². The van der Waals surface area contributed by atoms with Crippen molar-refractivity contribution in [2.75, 3.05) is 20.2 Å². The number of amides is 1. The molecule has 1 aromatic heterocycles. The molecule has 0 radical (unpaired) electrons. The van der Waals surface area contributed by atoms with Crippen LogP contribution in [-0.4, -0.2) is 58.4 Å². The highest BCUT2D eigenvalue weighted by Crippen LogP contribution is 2.29. The molecule has 10 heteroatoms. The number of carbonyl (C=O) groups is 1. The van der Waals surface area contributed by atoms with Gasteiger partial charge < -0.3 is 19.5 Å². The van der Waals surface area contributed by atoms with Gasteiger partial charge in [0.2, 0.25) is 5.88 Å². The predicted octanol–water partition coefficient (Wildman–Crippen LogP) is 2.45. The molecule has 2 atom stereocenters. The van der Waals surface area contributed by atoms with Crippen molar-refractivity contribution in [3.05, 3.63) is 35.0 Å². The van der Waals surface area contributed by atoms with E-state index < -0.39 is 12.1 Å². The number of methoxy groups -OCH3 is 1. The number of rotatable bonds is 5. The monoisotopic (exact) mass is 344 g/mol. The Kier molecular flexibility index (Phi) is 4.71. The normalized spacial score (nSPS) is 19.5. The van der Waals surface area contributed by atoms with E-state index in [1.54, 1.807) is 25.3 Å². The van der Waals surface area contributed by atoms with Crippen LogP contribution in [0.2, 0.25) is 0 Å². The van der Waals surface area contributed by atoms with E-state index in [9.17, 15) is 9.90 Å². The lowest BCUT2D eigenvalue weighted by molar-refractivity contribution is 0.135. The van der Waals surface area contributed by atoms with Crippen LogP contribution >= 0.6 is 0 Å². The second-order valence-electron chi connectivity index (χ2n) is 5.54. The molecule has 0 aliphatic carbocycles. The zero-order valence-corrected chi connectivity index (χ0v) is 13.4. The van der Waals surface area contributed by atoms with Gasteiger partial charge in [-0.25, -0.2) is 14.8 Å². The minimum absolute atomic E-state index is 0.0704. The van der Waals surface area contributed by atoms with Crippen LogP contribution in [0.3, 0.4) is 0 Å². The zero-order chi connectivity index (χ0) is 17.8. The summed E-state index contributed by atoms with van der Waals surface area (Å²) < 4.78 is 11.1. The molecule has 3 rings (SSSR count). The first-order valence-electron chi connectivity index (χ1n) is 7.58. The van der Waals surface area contributed by atoms with Gasteiger partial charge in [-0.15, -0.1) is 0 Å². The minimum Gasteiger partial charge on any atom is -0.497 e. The highest BCUT2D eigenvalue weighted by Gasteiger charge is 2.36. The molecular formula is C15H16N6O4. The van der Waals surface area contributed by atoms with E-state index in [-0.39, 0.29) is 19.2 Å². The third-order valence-corrected chi connectivity index (χ3v) is 4.06. The Morgan fingerprint density at radius 3 is 3.08 bits per heavy atom. The van der Waals surface area contributed by atoms with E-state index in [1.807, 2.05) is 0 Å². The summed E-state index contributed by atoms with van der Waals surface area (Å²) in [5.74, 6) is 1.01. The highest BCUT2D eigenvalue weighted by molar-refractivity contribution is 5.84. The molecule has 2 heterocycles. The highest BCUT2D eigenvalue weighted by atomic mass is 16.5. The van der Waals surface area contributed by atoms with Gasteiger partial charge in [0, 0.05) is 23.9 Å². The van der Waals surface area contributed by atoms with Gasteiger partial charge in [0.05, 0.1) is 24.6 Å². The third-order valence-electron chi connectivity index (χ3n) is 4.06. The molecule has 130 valence electrons. The predicted molar refractivity (Wildman–Crippen MR) is 87.7 cm³/mol. The molecule has 0 spiro atoms. The number of hydrogen-bond donors (Lipinski definition) is 1. The van der Waals surface area contributed by atoms with E-state index >= 15 is 0 Å². The molecule has 1 amide bonds. The number of ether oxygens (including phenoxy) is 2. The Balaban J connectivity index is 1.83. The first kappa shape index (κ1) is 16.6. The van der Waals surface area contributed by atoms with Crippen LogP contribution in [0.25, 0.3) is 21.3 Å². The molecule has 25 heavy (non-hydrogen) atoms. The fourth-order valence-electron chi connectivity index (χ4n) is 2.89. The van der Waals surface area contributed by atoms with Crippen molar-refractivity contribution in [1.29, 1.82) is 0 Å². The number of benzene rings is 1. The van der Waals surface area contributed by atoms with Crippen molar-refractivity contribution in [1.82, 2.24) is 14.9 Å². The second kappa shape index (κ2) is 7.10. The summed E-state index contributed by atoms with van der Waals surface area (Å²) in [5.41, 5.74) is 9.15. The average Bonchev–Trinajstić information content (AvgIpc) is 3.03. The van der Waals surface area contributed by atoms with Crippen LogP contribution in [0.15, 0.2) is 29.6 Å². The molecule has 0 unspecified atom stereocenters. The lowest BCUT2D eigenvalue weighted by Gasteiger charge is -2.18. The van der Waals surface area contributed by atoms with Crippen LogP contribution < -0.4 is 9.47 Å². The summed E-state index contributed by atoms with van der Waals surface area (Å²) in [6, 6.07) is 4.94. The van der Waals surface area contributed by atoms with E-state index in [1.165, 1.54) is 11.2 Å². The summed E-state index contributed by atoms with van der Waals surface area (Å²) in [5, 5.41) is 13.5. The van der Waals surface area contributed by atoms with Gasteiger partial charge >= 0.3 is 6.09 Å². The van der Waals surface area contributed by atoms with Gasteiger partial charge in [-0.1, -0.05) is 5.11 Å². The van der Waals surface area contributed by atoms with Crippen LogP contribution in [0.1, 0.15) is 6.42 Å². The molecule has 0 saturated carbocycles. The number of aromatic nitrogens is 2. The summed E-state index contributed by atoms with van der Waals surface area (Å²) in [6.45, 7) is 0.247. The second-order valence-corrected chi connectivity index (χ2v) is 5.54. The number of likely N-dealkylation sites (tertiary alicyclic amines) is 1. The average molecular weight is 344 g/mol. The Morgan fingerprint density at radius 2 is 2.36 bits per heavy atom. The van der Waals surface area contributed by atoms with Crippen LogP contribution in [-0.2, 0) is 0 Å². The van der Waals surface area contributed by atoms with Gasteiger partial charge in [0.1, 0.15) is 18.2 Å². The van der Waals surface area contributed by atoms with Gasteiger partial charge in [-0.05, 0) is 23.7 Å². The SMILES string of the molecule is COc1ccc2ncnc(O[C@H]3C[C@@H](CN=[N+]=[N-])N(C(=O)O)C3)c2c1. The Bertz CT molecular complexity index is 838. The smallest absolute Gasteiger partial charge is 0.407 e.